The van der Waals surface area contributed by atoms with E-state index in [1.165, 1.54) is 0 Å². The van der Waals surface area contributed by atoms with E-state index >= 15 is 0 Å². The molecule has 1 N–H and O–H groups in total. The molecule has 120 valence electrons. The summed E-state index contributed by atoms with van der Waals surface area (Å²) in [5.41, 5.74) is 1.65. The van der Waals surface area contributed by atoms with Crippen molar-refractivity contribution in [2.45, 2.75) is 6.04 Å². The van der Waals surface area contributed by atoms with E-state index in [2.05, 4.69) is 10.3 Å². The first-order valence-electron chi connectivity index (χ1n) is 7.29. The summed E-state index contributed by atoms with van der Waals surface area (Å²) in [4.78, 5) is 30.6. The van der Waals surface area contributed by atoms with Crippen LogP contribution in [-0.2, 0) is 4.79 Å². The summed E-state index contributed by atoms with van der Waals surface area (Å²) in [7, 11) is 0. The van der Waals surface area contributed by atoms with Gasteiger partial charge in [0.25, 0.3) is 5.91 Å². The molecule has 0 spiro atoms. The number of anilines is 1. The summed E-state index contributed by atoms with van der Waals surface area (Å²) in [5, 5.41) is 11.6. The van der Waals surface area contributed by atoms with Gasteiger partial charge in [0, 0.05) is 29.4 Å². The van der Waals surface area contributed by atoms with Crippen LogP contribution in [0.3, 0.4) is 0 Å². The van der Waals surface area contributed by atoms with Crippen molar-refractivity contribution < 1.29 is 9.59 Å². The molecule has 1 atom stereocenters. The molecule has 7 heteroatoms. The smallest absolute Gasteiger partial charge is 0.255 e. The summed E-state index contributed by atoms with van der Waals surface area (Å²) < 4.78 is 0. The Labute approximate surface area is 143 Å². The third-order valence-corrected chi connectivity index (χ3v) is 4.67. The molecule has 2 heterocycles. The van der Waals surface area contributed by atoms with Gasteiger partial charge in [-0.3, -0.25) is 14.6 Å². The van der Waals surface area contributed by atoms with Crippen molar-refractivity contribution in [3.05, 3.63) is 59.9 Å². The molecule has 0 saturated carbocycles. The van der Waals surface area contributed by atoms with Gasteiger partial charge in [0.05, 0.1) is 17.5 Å². The lowest BCUT2D eigenvalue weighted by molar-refractivity contribution is -0.119. The number of nitrogens with zero attached hydrogens (tertiary/aromatic N) is 3. The summed E-state index contributed by atoms with van der Waals surface area (Å²) in [6.45, 7) is 0. The van der Waals surface area contributed by atoms with Crippen molar-refractivity contribution in [1.29, 1.82) is 5.26 Å². The van der Waals surface area contributed by atoms with Gasteiger partial charge in [0.1, 0.15) is 6.04 Å². The van der Waals surface area contributed by atoms with Gasteiger partial charge in [-0.2, -0.15) is 5.26 Å². The van der Waals surface area contributed by atoms with Gasteiger partial charge < -0.3 is 10.2 Å². The van der Waals surface area contributed by atoms with E-state index in [0.717, 1.165) is 0 Å². The molecule has 6 nitrogen and oxygen atoms in total. The van der Waals surface area contributed by atoms with Crippen LogP contribution < -0.4 is 5.32 Å². The van der Waals surface area contributed by atoms with E-state index in [4.69, 9.17) is 5.26 Å². The van der Waals surface area contributed by atoms with Crippen molar-refractivity contribution in [1.82, 2.24) is 9.88 Å². The first kappa shape index (κ1) is 16.0. The van der Waals surface area contributed by atoms with E-state index < -0.39 is 6.04 Å². The number of amides is 2. The van der Waals surface area contributed by atoms with Crippen LogP contribution in [0.5, 0.6) is 0 Å². The summed E-state index contributed by atoms with van der Waals surface area (Å²) in [6, 6.07) is 11.4. The van der Waals surface area contributed by atoms with E-state index in [0.29, 0.717) is 28.4 Å². The maximum absolute atomic E-state index is 12.6. The van der Waals surface area contributed by atoms with E-state index in [-0.39, 0.29) is 11.8 Å². The standard InChI is InChI=1S/C17H14N4O2S/c18-9-12-1-3-14(4-2-12)20-16(22)15-10-24-11-21(15)17(23)13-5-7-19-8-6-13/h1-8,15H,10-11H2,(H,20,22)/t15-/m1/s1. The molecule has 0 bridgehead atoms. The molecule has 0 aliphatic carbocycles. The van der Waals surface area contributed by atoms with Crippen LogP contribution >= 0.6 is 11.8 Å². The van der Waals surface area contributed by atoms with Gasteiger partial charge in [-0.05, 0) is 36.4 Å². The Morgan fingerprint density at radius 2 is 1.92 bits per heavy atom. The number of rotatable bonds is 3. The highest BCUT2D eigenvalue weighted by Crippen LogP contribution is 2.24. The van der Waals surface area contributed by atoms with E-state index in [1.807, 2.05) is 6.07 Å². The number of carbonyl (C=O) groups excluding carboxylic acids is 2. The van der Waals surface area contributed by atoms with Gasteiger partial charge >= 0.3 is 0 Å². The lowest BCUT2D eigenvalue weighted by atomic mass is 10.2. The molecule has 1 saturated heterocycles. The zero-order valence-corrected chi connectivity index (χ0v) is 13.5. The number of hydrogen-bond acceptors (Lipinski definition) is 5. The number of benzene rings is 1. The Morgan fingerprint density at radius 3 is 2.58 bits per heavy atom. The Balaban J connectivity index is 1.71. The van der Waals surface area contributed by atoms with Crippen LogP contribution in [0.1, 0.15) is 15.9 Å². The number of thioether (sulfide) groups is 1. The first-order chi connectivity index (χ1) is 11.7. The molecule has 2 amide bonds. The van der Waals surface area contributed by atoms with Crippen LogP contribution in [0.2, 0.25) is 0 Å². The average Bonchev–Trinajstić information content (AvgIpc) is 3.12. The van der Waals surface area contributed by atoms with E-state index in [1.54, 1.807) is 65.5 Å². The maximum atomic E-state index is 12.6. The molecule has 1 aliphatic rings. The fraction of sp³-hybridized carbons (Fsp3) is 0.176. The largest absolute Gasteiger partial charge is 0.324 e. The number of hydrogen-bond donors (Lipinski definition) is 1. The maximum Gasteiger partial charge on any atom is 0.255 e. The van der Waals surface area contributed by atoms with Crippen molar-refractivity contribution >= 4 is 29.3 Å². The highest BCUT2D eigenvalue weighted by molar-refractivity contribution is 7.99. The van der Waals surface area contributed by atoms with Crippen molar-refractivity contribution in [2.75, 3.05) is 16.9 Å². The van der Waals surface area contributed by atoms with Crippen LogP contribution in [0.15, 0.2) is 48.8 Å². The highest BCUT2D eigenvalue weighted by Gasteiger charge is 2.35. The fourth-order valence-electron chi connectivity index (χ4n) is 2.37. The van der Waals surface area contributed by atoms with E-state index in [9.17, 15) is 9.59 Å². The zero-order valence-electron chi connectivity index (χ0n) is 12.7. The molecule has 1 fully saturated rings. The minimum Gasteiger partial charge on any atom is -0.324 e. The minimum atomic E-state index is -0.522. The summed E-state index contributed by atoms with van der Waals surface area (Å²) >= 11 is 1.54. The van der Waals surface area contributed by atoms with Gasteiger partial charge in [0.15, 0.2) is 0 Å². The predicted octanol–water partition coefficient (Wildman–Crippen LogP) is 2.11. The summed E-state index contributed by atoms with van der Waals surface area (Å²) in [5.74, 6) is 0.625. The number of nitriles is 1. The molecule has 24 heavy (non-hydrogen) atoms. The van der Waals surface area contributed by atoms with Crippen molar-refractivity contribution in [3.63, 3.8) is 0 Å². The Hall–Kier alpha value is -2.85. The Morgan fingerprint density at radius 1 is 1.21 bits per heavy atom. The normalized spacial score (nSPS) is 16.5. The van der Waals surface area contributed by atoms with Gasteiger partial charge in [-0.15, -0.1) is 11.8 Å². The van der Waals surface area contributed by atoms with Crippen molar-refractivity contribution in [2.24, 2.45) is 0 Å². The van der Waals surface area contributed by atoms with Crippen LogP contribution in [0, 0.1) is 11.3 Å². The Bertz CT molecular complexity index is 786. The molecule has 1 aromatic carbocycles. The highest BCUT2D eigenvalue weighted by atomic mass is 32.2. The van der Waals surface area contributed by atoms with Gasteiger partial charge in [-0.25, -0.2) is 0 Å². The number of pyridine rings is 1. The topological polar surface area (TPSA) is 86.1 Å². The SMILES string of the molecule is N#Cc1ccc(NC(=O)[C@H]2CSCN2C(=O)c2ccncc2)cc1. The molecule has 1 aromatic heterocycles. The van der Waals surface area contributed by atoms with Gasteiger partial charge in [-0.1, -0.05) is 0 Å². The first-order valence-corrected chi connectivity index (χ1v) is 8.44. The third kappa shape index (κ3) is 3.39. The molecular formula is C17H14N4O2S. The number of nitrogens with one attached hydrogen (secondary N) is 1. The fourth-order valence-corrected chi connectivity index (χ4v) is 3.53. The molecule has 2 aromatic rings. The molecular weight excluding hydrogens is 324 g/mol. The second-order valence-corrected chi connectivity index (χ2v) is 6.20. The van der Waals surface area contributed by atoms with Gasteiger partial charge in [0.2, 0.25) is 5.91 Å². The minimum absolute atomic E-state index is 0.178. The molecule has 0 unspecified atom stereocenters. The third-order valence-electron chi connectivity index (χ3n) is 3.65. The summed E-state index contributed by atoms with van der Waals surface area (Å²) in [6.07, 6.45) is 3.12. The van der Waals surface area contributed by atoms with Crippen molar-refractivity contribution in [3.8, 4) is 6.07 Å². The number of carbonyl (C=O) groups is 2. The lowest BCUT2D eigenvalue weighted by Crippen LogP contribution is -2.44. The quantitative estimate of drug-likeness (QED) is 0.926. The zero-order chi connectivity index (χ0) is 16.9. The predicted molar refractivity (Wildman–Crippen MR) is 91.3 cm³/mol. The Kier molecular flexibility index (Phi) is 4.77. The second kappa shape index (κ2) is 7.15. The molecule has 3 rings (SSSR count). The molecule has 0 radical (unpaired) electrons. The monoisotopic (exact) mass is 338 g/mol. The average molecular weight is 338 g/mol. The van der Waals surface area contributed by atoms with Crippen LogP contribution in [0.4, 0.5) is 5.69 Å². The number of aromatic nitrogens is 1. The second-order valence-electron chi connectivity index (χ2n) is 5.20. The van der Waals surface area contributed by atoms with Crippen LogP contribution in [0.25, 0.3) is 0 Å². The van der Waals surface area contributed by atoms with Crippen LogP contribution in [-0.4, -0.2) is 39.4 Å². The molecule has 1 aliphatic heterocycles. The lowest BCUT2D eigenvalue weighted by Gasteiger charge is -2.23.